The van der Waals surface area contributed by atoms with Crippen molar-refractivity contribution < 1.29 is 22.7 Å². The van der Waals surface area contributed by atoms with Crippen molar-refractivity contribution in [3.8, 4) is 0 Å². The summed E-state index contributed by atoms with van der Waals surface area (Å²) in [5.41, 5.74) is 3.64. The zero-order chi connectivity index (χ0) is 17.6. The van der Waals surface area contributed by atoms with Crippen molar-refractivity contribution in [2.75, 3.05) is 19.7 Å². The summed E-state index contributed by atoms with van der Waals surface area (Å²) in [4.78, 5) is -0.178. The van der Waals surface area contributed by atoms with Gasteiger partial charge in [0.25, 0.3) is 0 Å². The van der Waals surface area contributed by atoms with Crippen molar-refractivity contribution in [1.82, 2.24) is 0 Å². The van der Waals surface area contributed by atoms with Crippen LogP contribution in [0.15, 0.2) is 53.4 Å². The maximum absolute atomic E-state index is 10.4. The van der Waals surface area contributed by atoms with Crippen molar-refractivity contribution in [3.05, 3.63) is 65.2 Å². The zero-order valence-corrected chi connectivity index (χ0v) is 14.4. The van der Waals surface area contributed by atoms with E-state index in [1.165, 1.54) is 23.3 Å². The van der Waals surface area contributed by atoms with Crippen LogP contribution in [-0.4, -0.2) is 48.6 Å². The molecule has 0 unspecified atom stereocenters. The van der Waals surface area contributed by atoms with E-state index in [1.54, 1.807) is 12.1 Å². The van der Waals surface area contributed by atoms with Crippen molar-refractivity contribution in [2.24, 2.45) is 0 Å². The Bertz CT molecular complexity index is 811. The van der Waals surface area contributed by atoms with Crippen molar-refractivity contribution in [3.63, 3.8) is 0 Å². The summed E-state index contributed by atoms with van der Waals surface area (Å²) < 4.78 is 33.3. The molecule has 0 saturated heterocycles. The van der Waals surface area contributed by atoms with E-state index in [9.17, 15) is 13.0 Å². The Morgan fingerprint density at radius 3 is 2.42 bits per heavy atom. The Labute approximate surface area is 142 Å². The molecule has 0 fully saturated rings. The molecule has 0 bridgehead atoms. The number of β-amino-alcohol motifs (C(OH)–C–C–N with tert-alkyl or cyclic N) is 1. The second-order valence-corrected chi connectivity index (χ2v) is 6.98. The van der Waals surface area contributed by atoms with Crippen LogP contribution < -0.4 is 0 Å². The molecule has 6 heteroatoms. The van der Waals surface area contributed by atoms with Crippen LogP contribution in [0, 0.1) is 6.92 Å². The minimum Gasteiger partial charge on any atom is -0.744 e. The second-order valence-electron chi connectivity index (χ2n) is 5.60. The molecular formula is C18H21NO4S. The second kappa shape index (κ2) is 8.19. The van der Waals surface area contributed by atoms with Gasteiger partial charge < -0.3 is 9.66 Å². The number of hydrogen-bond acceptors (Lipinski definition) is 4. The number of nitrogens with zero attached hydrogens (tertiary/aromatic N) is 1. The van der Waals surface area contributed by atoms with Crippen LogP contribution in [0.2, 0.25) is 0 Å². The van der Waals surface area contributed by atoms with Crippen LogP contribution >= 0.6 is 0 Å². The molecule has 0 atom stereocenters. The summed E-state index contributed by atoms with van der Waals surface area (Å²) >= 11 is 0. The summed E-state index contributed by atoms with van der Waals surface area (Å²) in [7, 11) is -4.27. The molecular weight excluding hydrogens is 326 g/mol. The SMILES string of the molecule is Cc1ccc(S(=O)(=O)[O-])cc1.OCC[N+]1=Cc2ccccc2CC1. The van der Waals surface area contributed by atoms with E-state index < -0.39 is 10.1 Å². The number of fused-ring (bicyclic) bond motifs is 1. The molecule has 1 N–H and O–H groups in total. The van der Waals surface area contributed by atoms with Gasteiger partial charge in [-0.15, -0.1) is 0 Å². The lowest BCUT2D eigenvalue weighted by atomic mass is 10.0. The fraction of sp³-hybridized carbons (Fsp3) is 0.278. The van der Waals surface area contributed by atoms with Crippen molar-refractivity contribution in [1.29, 1.82) is 0 Å². The molecule has 128 valence electrons. The third-order valence-corrected chi connectivity index (χ3v) is 4.59. The minimum atomic E-state index is -4.27. The van der Waals surface area contributed by atoms with E-state index in [2.05, 4.69) is 35.1 Å². The van der Waals surface area contributed by atoms with Gasteiger partial charge in [-0.1, -0.05) is 35.9 Å². The fourth-order valence-corrected chi connectivity index (χ4v) is 2.89. The summed E-state index contributed by atoms with van der Waals surface area (Å²) in [5, 5.41) is 8.80. The minimum absolute atomic E-state index is 0.178. The first-order valence-electron chi connectivity index (χ1n) is 7.70. The number of benzene rings is 2. The number of aryl methyl sites for hydroxylation is 1. The van der Waals surface area contributed by atoms with E-state index in [-0.39, 0.29) is 11.5 Å². The molecule has 2 aromatic carbocycles. The molecule has 1 aliphatic rings. The van der Waals surface area contributed by atoms with Gasteiger partial charge in [0, 0.05) is 12.0 Å². The lowest BCUT2D eigenvalue weighted by molar-refractivity contribution is -0.526. The van der Waals surface area contributed by atoms with Gasteiger partial charge in [-0.3, -0.25) is 0 Å². The number of aliphatic hydroxyl groups is 1. The fourth-order valence-electron chi connectivity index (χ4n) is 2.42. The number of hydrogen-bond donors (Lipinski definition) is 1. The quantitative estimate of drug-likeness (QED) is 0.675. The van der Waals surface area contributed by atoms with Gasteiger partial charge in [0.1, 0.15) is 23.3 Å². The molecule has 3 rings (SSSR count). The highest BCUT2D eigenvalue weighted by Crippen LogP contribution is 2.10. The van der Waals surface area contributed by atoms with Crippen molar-refractivity contribution in [2.45, 2.75) is 18.2 Å². The van der Waals surface area contributed by atoms with Gasteiger partial charge in [-0.2, -0.15) is 0 Å². The standard InChI is InChI=1S/C11H14NO.C7H8O3S/c13-8-7-12-6-5-10-3-1-2-4-11(10)9-12;1-6-2-4-7(5-3-6)11(8,9)10/h1-4,9,13H,5-8H2;2-5H,1H3,(H,8,9,10)/q+1;/p-1. The Hall–Kier alpha value is -2.02. The highest BCUT2D eigenvalue weighted by Gasteiger charge is 2.13. The maximum atomic E-state index is 10.4. The van der Waals surface area contributed by atoms with E-state index in [1.807, 2.05) is 6.92 Å². The third-order valence-electron chi connectivity index (χ3n) is 3.74. The Kier molecular flexibility index (Phi) is 6.25. The first-order valence-corrected chi connectivity index (χ1v) is 9.11. The van der Waals surface area contributed by atoms with Gasteiger partial charge in [-0.05, 0) is 30.7 Å². The average molecular weight is 347 g/mol. The predicted molar refractivity (Wildman–Crippen MR) is 91.5 cm³/mol. The lowest BCUT2D eigenvalue weighted by Crippen LogP contribution is -2.25. The Morgan fingerprint density at radius 1 is 1.12 bits per heavy atom. The van der Waals surface area contributed by atoms with E-state index in [0.717, 1.165) is 25.1 Å². The summed E-state index contributed by atoms with van der Waals surface area (Å²) in [6.45, 7) is 3.83. The van der Waals surface area contributed by atoms with E-state index in [0.29, 0.717) is 0 Å². The summed E-state index contributed by atoms with van der Waals surface area (Å²) in [6, 6.07) is 14.2. The highest BCUT2D eigenvalue weighted by atomic mass is 32.2. The molecule has 0 amide bonds. The summed E-state index contributed by atoms with van der Waals surface area (Å²) in [6.07, 6.45) is 3.22. The van der Waals surface area contributed by atoms with Gasteiger partial charge in [0.05, 0.1) is 4.90 Å². The van der Waals surface area contributed by atoms with Crippen molar-refractivity contribution >= 4 is 16.3 Å². The van der Waals surface area contributed by atoms with Crippen LogP contribution in [0.25, 0.3) is 0 Å². The topological polar surface area (TPSA) is 80.4 Å². The lowest BCUT2D eigenvalue weighted by Gasteiger charge is -2.10. The smallest absolute Gasteiger partial charge is 0.171 e. The number of aliphatic hydroxyl groups excluding tert-OH is 1. The van der Waals surface area contributed by atoms with E-state index in [4.69, 9.17) is 5.11 Å². The first kappa shape index (κ1) is 18.3. The normalized spacial score (nSPS) is 13.4. The van der Waals surface area contributed by atoms with Crippen LogP contribution in [-0.2, 0) is 16.5 Å². The molecule has 1 aliphatic heterocycles. The molecule has 1 heterocycles. The molecule has 5 nitrogen and oxygen atoms in total. The van der Waals surface area contributed by atoms with Crippen LogP contribution in [0.5, 0.6) is 0 Å². The van der Waals surface area contributed by atoms with Gasteiger partial charge in [0.15, 0.2) is 12.8 Å². The maximum Gasteiger partial charge on any atom is 0.171 e. The monoisotopic (exact) mass is 347 g/mol. The molecule has 0 radical (unpaired) electrons. The Morgan fingerprint density at radius 2 is 1.79 bits per heavy atom. The predicted octanol–water partition coefficient (Wildman–Crippen LogP) is 1.57. The van der Waals surface area contributed by atoms with Crippen LogP contribution in [0.4, 0.5) is 0 Å². The van der Waals surface area contributed by atoms with Gasteiger partial charge >= 0.3 is 0 Å². The number of rotatable bonds is 3. The average Bonchev–Trinajstić information content (AvgIpc) is 2.55. The van der Waals surface area contributed by atoms with Crippen LogP contribution in [0.3, 0.4) is 0 Å². The third kappa shape index (κ3) is 5.26. The van der Waals surface area contributed by atoms with Crippen LogP contribution in [0.1, 0.15) is 16.7 Å². The van der Waals surface area contributed by atoms with Gasteiger partial charge in [-0.25, -0.2) is 13.0 Å². The highest BCUT2D eigenvalue weighted by molar-refractivity contribution is 7.85. The molecule has 24 heavy (non-hydrogen) atoms. The largest absolute Gasteiger partial charge is 0.744 e. The summed E-state index contributed by atoms with van der Waals surface area (Å²) in [5.74, 6) is 0. The Balaban J connectivity index is 0.000000177. The zero-order valence-electron chi connectivity index (χ0n) is 13.6. The molecule has 0 spiro atoms. The first-order chi connectivity index (χ1) is 11.4. The molecule has 0 aromatic heterocycles. The molecule has 0 saturated carbocycles. The molecule has 2 aromatic rings. The van der Waals surface area contributed by atoms with E-state index >= 15 is 0 Å². The molecule has 0 aliphatic carbocycles. The van der Waals surface area contributed by atoms with Gasteiger partial charge in [0.2, 0.25) is 0 Å².